The Morgan fingerprint density at radius 1 is 0.967 bits per heavy atom. The van der Waals surface area contributed by atoms with E-state index in [9.17, 15) is 9.59 Å². The molecule has 0 radical (unpaired) electrons. The molecule has 0 unspecified atom stereocenters. The van der Waals surface area contributed by atoms with Gasteiger partial charge in [-0.05, 0) is 49.4 Å². The van der Waals surface area contributed by atoms with Crippen LogP contribution in [0.15, 0.2) is 71.0 Å². The lowest BCUT2D eigenvalue weighted by molar-refractivity contribution is -0.113. The van der Waals surface area contributed by atoms with E-state index >= 15 is 0 Å². The fraction of sp³-hybridized carbons (Fsp3) is 0.130. The molecule has 0 aliphatic heterocycles. The van der Waals surface area contributed by atoms with Gasteiger partial charge in [0.25, 0.3) is 11.8 Å². The Balaban J connectivity index is 1.85. The van der Waals surface area contributed by atoms with E-state index in [1.54, 1.807) is 36.4 Å². The molecule has 2 amide bonds. The Kier molecular flexibility index (Phi) is 6.54. The van der Waals surface area contributed by atoms with Crippen molar-refractivity contribution in [3.05, 3.63) is 83.4 Å². The van der Waals surface area contributed by atoms with E-state index in [2.05, 4.69) is 10.6 Å². The topological polar surface area (TPSA) is 89.8 Å². The molecule has 3 aromatic rings. The van der Waals surface area contributed by atoms with E-state index in [1.165, 1.54) is 32.6 Å². The molecule has 2 N–H and O–H groups in total. The first-order valence-corrected chi connectivity index (χ1v) is 9.16. The molecule has 2 aromatic carbocycles. The lowest BCUT2D eigenvalue weighted by atomic mass is 10.1. The summed E-state index contributed by atoms with van der Waals surface area (Å²) in [5.41, 5.74) is 2.02. The molecule has 1 heterocycles. The molecule has 0 atom stereocenters. The van der Waals surface area contributed by atoms with Gasteiger partial charge in [-0.25, -0.2) is 0 Å². The smallest absolute Gasteiger partial charge is 0.272 e. The number of furan rings is 1. The maximum absolute atomic E-state index is 12.8. The molecule has 7 heteroatoms. The highest BCUT2D eigenvalue weighted by molar-refractivity contribution is 6.10. The van der Waals surface area contributed by atoms with Crippen molar-refractivity contribution in [1.29, 1.82) is 0 Å². The van der Waals surface area contributed by atoms with Crippen molar-refractivity contribution in [1.82, 2.24) is 5.32 Å². The van der Waals surface area contributed by atoms with Crippen LogP contribution in [0, 0.1) is 6.92 Å². The van der Waals surface area contributed by atoms with E-state index in [1.807, 2.05) is 19.1 Å². The summed E-state index contributed by atoms with van der Waals surface area (Å²) in [5.74, 6) is 0.372. The number of nitrogens with one attached hydrogen (secondary N) is 2. The van der Waals surface area contributed by atoms with E-state index in [4.69, 9.17) is 13.9 Å². The average Bonchev–Trinajstić information content (AvgIpc) is 3.27. The molecule has 0 saturated carbocycles. The maximum atomic E-state index is 12.8. The van der Waals surface area contributed by atoms with Gasteiger partial charge in [0, 0.05) is 17.3 Å². The quantitative estimate of drug-likeness (QED) is 0.579. The highest BCUT2D eigenvalue weighted by atomic mass is 16.5. The van der Waals surface area contributed by atoms with Gasteiger partial charge in [-0.1, -0.05) is 17.7 Å². The molecular formula is C23H22N2O5. The summed E-state index contributed by atoms with van der Waals surface area (Å²) in [6.45, 7) is 1.96. The minimum atomic E-state index is -0.482. The van der Waals surface area contributed by atoms with Crippen molar-refractivity contribution in [3.63, 3.8) is 0 Å². The second kappa shape index (κ2) is 9.47. The van der Waals surface area contributed by atoms with Crippen LogP contribution in [0.4, 0.5) is 5.69 Å². The molecule has 0 aliphatic carbocycles. The number of benzene rings is 2. The predicted octanol–water partition coefficient (Wildman–Crippen LogP) is 4.01. The first-order valence-electron chi connectivity index (χ1n) is 9.16. The molecule has 0 fully saturated rings. The molecule has 0 bridgehead atoms. The van der Waals surface area contributed by atoms with Crippen LogP contribution in [0.2, 0.25) is 0 Å². The number of anilines is 1. The number of hydrogen-bond donors (Lipinski definition) is 2. The van der Waals surface area contributed by atoms with Crippen LogP contribution in [0.25, 0.3) is 6.08 Å². The summed E-state index contributed by atoms with van der Waals surface area (Å²) < 4.78 is 15.7. The van der Waals surface area contributed by atoms with Gasteiger partial charge in [0.1, 0.15) is 11.5 Å². The third-order valence-corrected chi connectivity index (χ3v) is 4.28. The number of carbonyl (C=O) groups excluding carboxylic acids is 2. The summed E-state index contributed by atoms with van der Waals surface area (Å²) in [7, 11) is 2.99. The van der Waals surface area contributed by atoms with Gasteiger partial charge in [0.05, 0.1) is 20.5 Å². The zero-order valence-electron chi connectivity index (χ0n) is 16.9. The Morgan fingerprint density at radius 3 is 2.33 bits per heavy atom. The largest absolute Gasteiger partial charge is 0.493 e. The summed E-state index contributed by atoms with van der Waals surface area (Å²) in [6.07, 6.45) is 2.94. The van der Waals surface area contributed by atoms with E-state index in [0.717, 1.165) is 5.56 Å². The number of rotatable bonds is 7. The summed E-state index contributed by atoms with van der Waals surface area (Å²) in [4.78, 5) is 25.6. The van der Waals surface area contributed by atoms with Crippen molar-refractivity contribution < 1.29 is 23.5 Å². The van der Waals surface area contributed by atoms with Gasteiger partial charge >= 0.3 is 0 Å². The molecular weight excluding hydrogens is 384 g/mol. The Labute approximate surface area is 174 Å². The van der Waals surface area contributed by atoms with Crippen LogP contribution in [-0.2, 0) is 4.79 Å². The van der Waals surface area contributed by atoms with Crippen molar-refractivity contribution in [2.75, 3.05) is 19.5 Å². The van der Waals surface area contributed by atoms with Crippen LogP contribution in [0.3, 0.4) is 0 Å². The van der Waals surface area contributed by atoms with Gasteiger partial charge in [-0.15, -0.1) is 0 Å². The first-order chi connectivity index (χ1) is 14.5. The Morgan fingerprint density at radius 2 is 1.70 bits per heavy atom. The minimum Gasteiger partial charge on any atom is -0.493 e. The fourth-order valence-corrected chi connectivity index (χ4v) is 2.68. The second-order valence-corrected chi connectivity index (χ2v) is 6.42. The van der Waals surface area contributed by atoms with Crippen LogP contribution in [0.1, 0.15) is 21.7 Å². The van der Waals surface area contributed by atoms with Crippen LogP contribution in [-0.4, -0.2) is 26.0 Å². The lowest BCUT2D eigenvalue weighted by Crippen LogP contribution is -2.30. The fourth-order valence-electron chi connectivity index (χ4n) is 2.68. The Hall–Kier alpha value is -4.00. The SMILES string of the molecule is COc1ccc(C(=O)N/C(=C\c2ccco2)C(=O)Nc2ccc(C)cc2)cc1OC. The predicted molar refractivity (Wildman–Crippen MR) is 114 cm³/mol. The van der Waals surface area contributed by atoms with E-state index < -0.39 is 11.8 Å². The second-order valence-electron chi connectivity index (χ2n) is 6.42. The standard InChI is InChI=1S/C23H22N2O5/c1-15-6-9-17(10-7-15)24-23(27)19(14-18-5-4-12-30-18)25-22(26)16-8-11-20(28-2)21(13-16)29-3/h4-14H,1-3H3,(H,24,27)(H,25,26)/b19-14-. The first kappa shape index (κ1) is 20.7. The number of hydrogen-bond acceptors (Lipinski definition) is 5. The van der Waals surface area contributed by atoms with E-state index in [-0.39, 0.29) is 5.70 Å². The highest BCUT2D eigenvalue weighted by Gasteiger charge is 2.17. The summed E-state index contributed by atoms with van der Waals surface area (Å²) >= 11 is 0. The molecule has 0 aliphatic rings. The summed E-state index contributed by atoms with van der Waals surface area (Å²) in [6, 6.07) is 15.5. The Bertz CT molecular complexity index is 1050. The van der Waals surface area contributed by atoms with Crippen LogP contribution in [0.5, 0.6) is 11.5 Å². The van der Waals surface area contributed by atoms with Crippen molar-refractivity contribution in [2.45, 2.75) is 6.92 Å². The monoisotopic (exact) mass is 406 g/mol. The van der Waals surface area contributed by atoms with Crippen LogP contribution >= 0.6 is 0 Å². The van der Waals surface area contributed by atoms with E-state index in [0.29, 0.717) is 28.5 Å². The van der Waals surface area contributed by atoms with Gasteiger partial charge in [-0.2, -0.15) is 0 Å². The molecule has 30 heavy (non-hydrogen) atoms. The number of methoxy groups -OCH3 is 2. The number of amides is 2. The van der Waals surface area contributed by atoms with Crippen LogP contribution < -0.4 is 20.1 Å². The minimum absolute atomic E-state index is 0.0327. The van der Waals surface area contributed by atoms with Gasteiger partial charge in [0.2, 0.25) is 0 Å². The molecule has 0 saturated heterocycles. The van der Waals surface area contributed by atoms with Gasteiger partial charge in [-0.3, -0.25) is 9.59 Å². The zero-order chi connectivity index (χ0) is 21.5. The molecule has 1 aromatic heterocycles. The molecule has 0 spiro atoms. The number of carbonyl (C=O) groups is 2. The third-order valence-electron chi connectivity index (χ3n) is 4.28. The normalized spacial score (nSPS) is 11.0. The van der Waals surface area contributed by atoms with Gasteiger partial charge in [0.15, 0.2) is 11.5 Å². The van der Waals surface area contributed by atoms with Crippen molar-refractivity contribution in [3.8, 4) is 11.5 Å². The summed E-state index contributed by atoms with van der Waals surface area (Å²) in [5, 5.41) is 5.42. The maximum Gasteiger partial charge on any atom is 0.272 e. The molecule has 7 nitrogen and oxygen atoms in total. The molecule has 154 valence electrons. The van der Waals surface area contributed by atoms with Crippen molar-refractivity contribution >= 4 is 23.6 Å². The van der Waals surface area contributed by atoms with Gasteiger partial charge < -0.3 is 24.5 Å². The van der Waals surface area contributed by atoms with Crippen molar-refractivity contribution in [2.24, 2.45) is 0 Å². The lowest BCUT2D eigenvalue weighted by Gasteiger charge is -2.12. The molecule has 3 rings (SSSR count). The average molecular weight is 406 g/mol. The number of aryl methyl sites for hydroxylation is 1. The highest BCUT2D eigenvalue weighted by Crippen LogP contribution is 2.27. The zero-order valence-corrected chi connectivity index (χ0v) is 16.9. The number of ether oxygens (including phenoxy) is 2. The third kappa shape index (κ3) is 5.08.